The molecule has 2 unspecified atom stereocenters. The maximum absolute atomic E-state index is 12.6. The van der Waals surface area contributed by atoms with Gasteiger partial charge in [-0.25, -0.2) is 0 Å². The van der Waals surface area contributed by atoms with Crippen LogP contribution in [-0.2, 0) is 6.54 Å². The molecule has 3 aromatic rings. The number of benzene rings is 1. The SMILES string of the molecule is CC1CN(Cc2ccc(-c3cc(Cl)ccc3Cl)o2)CC1NC(=O)c1cc(C2CC2)on1. The van der Waals surface area contributed by atoms with Crippen molar-refractivity contribution in [1.29, 1.82) is 0 Å². The molecule has 1 N–H and O–H groups in total. The first-order chi connectivity index (χ1) is 15.0. The van der Waals surface area contributed by atoms with Gasteiger partial charge in [0, 0.05) is 41.7 Å². The second kappa shape index (κ2) is 8.34. The van der Waals surface area contributed by atoms with Gasteiger partial charge in [0.05, 0.1) is 11.6 Å². The summed E-state index contributed by atoms with van der Waals surface area (Å²) < 4.78 is 11.3. The number of hydrogen-bond donors (Lipinski definition) is 1. The second-order valence-electron chi connectivity index (χ2n) is 8.53. The van der Waals surface area contributed by atoms with Gasteiger partial charge in [0.25, 0.3) is 5.91 Å². The second-order valence-corrected chi connectivity index (χ2v) is 9.37. The van der Waals surface area contributed by atoms with E-state index in [0.29, 0.717) is 39.9 Å². The highest BCUT2D eigenvalue weighted by atomic mass is 35.5. The number of carbonyl (C=O) groups is 1. The lowest BCUT2D eigenvalue weighted by molar-refractivity contribution is 0.0922. The number of halogens is 2. The van der Waals surface area contributed by atoms with Gasteiger partial charge in [0.15, 0.2) is 5.69 Å². The molecule has 6 nitrogen and oxygen atoms in total. The molecule has 1 saturated carbocycles. The van der Waals surface area contributed by atoms with Crippen LogP contribution in [0.4, 0.5) is 0 Å². The van der Waals surface area contributed by atoms with Crippen molar-refractivity contribution >= 4 is 29.1 Å². The van der Waals surface area contributed by atoms with Crippen LogP contribution in [0, 0.1) is 5.92 Å². The van der Waals surface area contributed by atoms with Gasteiger partial charge in [-0.3, -0.25) is 9.69 Å². The van der Waals surface area contributed by atoms with Crippen molar-refractivity contribution in [2.24, 2.45) is 5.92 Å². The van der Waals surface area contributed by atoms with Crippen LogP contribution < -0.4 is 5.32 Å². The lowest BCUT2D eigenvalue weighted by Gasteiger charge is -2.16. The number of nitrogens with one attached hydrogen (secondary N) is 1. The molecule has 0 bridgehead atoms. The molecular weight excluding hydrogens is 437 g/mol. The molecule has 0 radical (unpaired) electrons. The minimum atomic E-state index is -0.176. The number of rotatable bonds is 6. The maximum atomic E-state index is 12.6. The molecule has 1 saturated heterocycles. The fraction of sp³-hybridized carbons (Fsp3) is 0.391. The third-order valence-electron chi connectivity index (χ3n) is 5.98. The van der Waals surface area contributed by atoms with Crippen molar-refractivity contribution in [3.05, 3.63) is 63.7 Å². The van der Waals surface area contributed by atoms with E-state index in [1.807, 2.05) is 12.1 Å². The van der Waals surface area contributed by atoms with Gasteiger partial charge < -0.3 is 14.3 Å². The number of aromatic nitrogens is 1. The molecule has 1 aliphatic heterocycles. The molecule has 5 rings (SSSR count). The molecule has 1 aromatic carbocycles. The lowest BCUT2D eigenvalue weighted by Crippen LogP contribution is -2.39. The molecule has 3 heterocycles. The minimum Gasteiger partial charge on any atom is -0.460 e. The highest BCUT2D eigenvalue weighted by Crippen LogP contribution is 2.40. The fourth-order valence-electron chi connectivity index (χ4n) is 4.10. The summed E-state index contributed by atoms with van der Waals surface area (Å²) in [6.45, 7) is 4.41. The highest BCUT2D eigenvalue weighted by Gasteiger charge is 2.33. The van der Waals surface area contributed by atoms with Gasteiger partial charge in [0.2, 0.25) is 0 Å². The van der Waals surface area contributed by atoms with Gasteiger partial charge >= 0.3 is 0 Å². The third-order valence-corrected chi connectivity index (χ3v) is 6.54. The van der Waals surface area contributed by atoms with Crippen LogP contribution in [0.25, 0.3) is 11.3 Å². The van der Waals surface area contributed by atoms with Crippen molar-refractivity contribution in [3.8, 4) is 11.3 Å². The quantitative estimate of drug-likeness (QED) is 0.536. The summed E-state index contributed by atoms with van der Waals surface area (Å²) in [5.74, 6) is 2.93. The van der Waals surface area contributed by atoms with Gasteiger partial charge in [0.1, 0.15) is 17.3 Å². The van der Waals surface area contributed by atoms with E-state index >= 15 is 0 Å². The predicted molar refractivity (Wildman–Crippen MR) is 118 cm³/mol. The van der Waals surface area contributed by atoms with E-state index < -0.39 is 0 Å². The van der Waals surface area contributed by atoms with Crippen molar-refractivity contribution in [2.45, 2.75) is 38.3 Å². The Morgan fingerprint density at radius 3 is 2.84 bits per heavy atom. The van der Waals surface area contributed by atoms with E-state index in [0.717, 1.165) is 43.0 Å². The Bertz CT molecular complexity index is 1110. The van der Waals surface area contributed by atoms with E-state index in [-0.39, 0.29) is 11.9 Å². The summed E-state index contributed by atoms with van der Waals surface area (Å²) in [5, 5.41) is 8.26. The van der Waals surface area contributed by atoms with E-state index in [2.05, 4.69) is 22.3 Å². The summed E-state index contributed by atoms with van der Waals surface area (Å²) >= 11 is 12.4. The summed E-state index contributed by atoms with van der Waals surface area (Å²) in [6.07, 6.45) is 2.23. The zero-order chi connectivity index (χ0) is 21.5. The number of nitrogens with zero attached hydrogens (tertiary/aromatic N) is 2. The van der Waals surface area contributed by atoms with Gasteiger partial charge in [-0.1, -0.05) is 35.3 Å². The zero-order valence-electron chi connectivity index (χ0n) is 17.1. The molecule has 1 aliphatic carbocycles. The van der Waals surface area contributed by atoms with Crippen LogP contribution in [-0.4, -0.2) is 35.1 Å². The average molecular weight is 460 g/mol. The number of hydrogen-bond acceptors (Lipinski definition) is 5. The van der Waals surface area contributed by atoms with E-state index in [4.69, 9.17) is 32.1 Å². The fourth-order valence-corrected chi connectivity index (χ4v) is 4.48. The van der Waals surface area contributed by atoms with Crippen LogP contribution >= 0.6 is 23.2 Å². The lowest BCUT2D eigenvalue weighted by atomic mass is 10.1. The van der Waals surface area contributed by atoms with Crippen LogP contribution in [0.3, 0.4) is 0 Å². The summed E-state index contributed by atoms with van der Waals surface area (Å²) in [6, 6.07) is 11.0. The molecule has 8 heteroatoms. The minimum absolute atomic E-state index is 0.0467. The van der Waals surface area contributed by atoms with Crippen molar-refractivity contribution < 1.29 is 13.7 Å². The first-order valence-corrected chi connectivity index (χ1v) is 11.3. The number of furan rings is 1. The normalized spacial score (nSPS) is 21.5. The number of carbonyl (C=O) groups excluding carboxylic acids is 1. The first kappa shape index (κ1) is 20.6. The van der Waals surface area contributed by atoms with Crippen LogP contribution in [0.1, 0.15) is 47.7 Å². The Kier molecular flexibility index (Phi) is 5.54. The Morgan fingerprint density at radius 1 is 1.19 bits per heavy atom. The molecule has 1 amide bonds. The average Bonchev–Trinajstić information content (AvgIpc) is 3.13. The summed E-state index contributed by atoms with van der Waals surface area (Å²) in [5.41, 5.74) is 1.14. The van der Waals surface area contributed by atoms with E-state index in [1.54, 1.807) is 24.3 Å². The molecule has 2 atom stereocenters. The van der Waals surface area contributed by atoms with Crippen LogP contribution in [0.5, 0.6) is 0 Å². The van der Waals surface area contributed by atoms with Crippen molar-refractivity contribution in [1.82, 2.24) is 15.4 Å². The molecule has 2 aliphatic rings. The largest absolute Gasteiger partial charge is 0.460 e. The number of likely N-dealkylation sites (tertiary alicyclic amines) is 1. The summed E-state index contributed by atoms with van der Waals surface area (Å²) in [4.78, 5) is 14.9. The predicted octanol–water partition coefficient (Wildman–Crippen LogP) is 5.37. The standard InChI is InChI=1S/C23H23Cl2N3O3/c1-13-10-28(11-16-5-7-21(30-16)17-8-15(24)4-6-18(17)25)12-20(13)26-23(29)19-9-22(31-27-19)14-2-3-14/h4-9,13-14,20H,2-3,10-12H2,1H3,(H,26,29). The molecule has 2 aromatic heterocycles. The molecule has 31 heavy (non-hydrogen) atoms. The van der Waals surface area contributed by atoms with Gasteiger partial charge in [-0.05, 0) is 49.1 Å². The topological polar surface area (TPSA) is 71.5 Å². The monoisotopic (exact) mass is 459 g/mol. The van der Waals surface area contributed by atoms with E-state index in [1.165, 1.54) is 0 Å². The van der Waals surface area contributed by atoms with Crippen LogP contribution in [0.15, 0.2) is 45.3 Å². The molecule has 0 spiro atoms. The van der Waals surface area contributed by atoms with Gasteiger partial charge in [-0.2, -0.15) is 0 Å². The molecule has 2 fully saturated rings. The summed E-state index contributed by atoms with van der Waals surface area (Å²) in [7, 11) is 0. The zero-order valence-corrected chi connectivity index (χ0v) is 18.6. The molecule has 162 valence electrons. The Hall–Kier alpha value is -2.28. The Morgan fingerprint density at radius 2 is 2.03 bits per heavy atom. The van der Waals surface area contributed by atoms with Gasteiger partial charge in [-0.15, -0.1) is 0 Å². The highest BCUT2D eigenvalue weighted by molar-refractivity contribution is 6.35. The van der Waals surface area contributed by atoms with Crippen molar-refractivity contribution in [3.63, 3.8) is 0 Å². The van der Waals surface area contributed by atoms with E-state index in [9.17, 15) is 4.79 Å². The number of amides is 1. The Balaban J connectivity index is 1.20. The maximum Gasteiger partial charge on any atom is 0.273 e. The smallest absolute Gasteiger partial charge is 0.273 e. The Labute approximate surface area is 190 Å². The molecular formula is C23H23Cl2N3O3. The first-order valence-electron chi connectivity index (χ1n) is 10.5. The van der Waals surface area contributed by atoms with Crippen molar-refractivity contribution in [2.75, 3.05) is 13.1 Å². The van der Waals surface area contributed by atoms with Crippen LogP contribution in [0.2, 0.25) is 10.0 Å². The third kappa shape index (κ3) is 4.52.